The second-order valence-electron chi connectivity index (χ2n) is 4.34. The van der Waals surface area contributed by atoms with Crippen LogP contribution in [0.3, 0.4) is 0 Å². The lowest BCUT2D eigenvalue weighted by atomic mass is 10.1. The number of hydrogen-bond donors (Lipinski definition) is 3. The fourth-order valence-electron chi connectivity index (χ4n) is 1.84. The third-order valence-corrected chi connectivity index (χ3v) is 2.82. The van der Waals surface area contributed by atoms with Crippen molar-refractivity contribution in [3.05, 3.63) is 29.8 Å². The van der Waals surface area contributed by atoms with Crippen LogP contribution in [0.5, 0.6) is 0 Å². The van der Waals surface area contributed by atoms with E-state index in [9.17, 15) is 19.2 Å². The highest BCUT2D eigenvalue weighted by Crippen LogP contribution is 2.12. The maximum absolute atomic E-state index is 11.8. The van der Waals surface area contributed by atoms with Crippen molar-refractivity contribution in [2.75, 3.05) is 12.4 Å². The second-order valence-corrected chi connectivity index (χ2v) is 4.34. The molecule has 0 aliphatic carbocycles. The van der Waals surface area contributed by atoms with Gasteiger partial charge in [-0.15, -0.1) is 0 Å². The minimum atomic E-state index is -0.888. The molecule has 3 N–H and O–H groups in total. The largest absolute Gasteiger partial charge is 0.465 e. The van der Waals surface area contributed by atoms with Gasteiger partial charge in [0.25, 0.3) is 5.91 Å². The fourth-order valence-corrected chi connectivity index (χ4v) is 1.84. The Morgan fingerprint density at radius 3 is 2.71 bits per heavy atom. The maximum atomic E-state index is 11.8. The van der Waals surface area contributed by atoms with Crippen molar-refractivity contribution in [1.29, 1.82) is 0 Å². The number of rotatable bonds is 4. The summed E-state index contributed by atoms with van der Waals surface area (Å²) >= 11 is 0. The number of ether oxygens (including phenoxy) is 1. The average Bonchev–Trinajstić information content (AvgIpc) is 2.76. The molecular formula is C13H13N3O5. The van der Waals surface area contributed by atoms with Gasteiger partial charge in [0.05, 0.1) is 19.1 Å². The van der Waals surface area contributed by atoms with E-state index in [1.54, 1.807) is 18.2 Å². The van der Waals surface area contributed by atoms with Crippen LogP contribution in [-0.4, -0.2) is 37.0 Å². The molecule has 1 unspecified atom stereocenters. The first-order chi connectivity index (χ1) is 9.99. The Morgan fingerprint density at radius 2 is 2.10 bits per heavy atom. The zero-order valence-corrected chi connectivity index (χ0v) is 11.1. The molecule has 2 rings (SSSR count). The van der Waals surface area contributed by atoms with Crippen molar-refractivity contribution in [3.63, 3.8) is 0 Å². The van der Waals surface area contributed by atoms with Gasteiger partial charge in [0.2, 0.25) is 5.91 Å². The second kappa shape index (κ2) is 6.04. The van der Waals surface area contributed by atoms with E-state index in [1.807, 2.05) is 5.32 Å². The Balaban J connectivity index is 1.98. The molecule has 1 aromatic carbocycles. The fraction of sp³-hybridized carbons (Fsp3) is 0.231. The van der Waals surface area contributed by atoms with Crippen LogP contribution in [-0.2, 0) is 14.3 Å². The summed E-state index contributed by atoms with van der Waals surface area (Å²) in [5.74, 6) is -1.52. The molecule has 0 aromatic heterocycles. The molecule has 0 spiro atoms. The Morgan fingerprint density at radius 1 is 1.33 bits per heavy atom. The molecule has 1 aromatic rings. The highest BCUT2D eigenvalue weighted by atomic mass is 16.5. The first kappa shape index (κ1) is 14.5. The summed E-state index contributed by atoms with van der Waals surface area (Å²) in [5, 5.41) is 6.91. The van der Waals surface area contributed by atoms with Crippen LogP contribution in [0.1, 0.15) is 16.8 Å². The molecule has 1 aliphatic heterocycles. The summed E-state index contributed by atoms with van der Waals surface area (Å²) in [4.78, 5) is 45.4. The van der Waals surface area contributed by atoms with Gasteiger partial charge in [0.15, 0.2) is 0 Å². The molecule has 1 fully saturated rings. The maximum Gasteiger partial charge on any atom is 0.337 e. The molecule has 21 heavy (non-hydrogen) atoms. The molecular weight excluding hydrogens is 278 g/mol. The molecule has 110 valence electrons. The van der Waals surface area contributed by atoms with Crippen molar-refractivity contribution in [3.8, 4) is 0 Å². The summed E-state index contributed by atoms with van der Waals surface area (Å²) in [7, 11) is 1.26. The summed E-state index contributed by atoms with van der Waals surface area (Å²) in [6.07, 6.45) is -0.194. The van der Waals surface area contributed by atoms with E-state index >= 15 is 0 Å². The van der Waals surface area contributed by atoms with Crippen molar-refractivity contribution < 1.29 is 23.9 Å². The monoisotopic (exact) mass is 291 g/mol. The predicted molar refractivity (Wildman–Crippen MR) is 71.5 cm³/mol. The Bertz CT molecular complexity index is 614. The van der Waals surface area contributed by atoms with Gasteiger partial charge in [-0.2, -0.15) is 0 Å². The van der Waals surface area contributed by atoms with E-state index < -0.39 is 29.9 Å². The molecule has 0 saturated carbocycles. The SMILES string of the molecule is COC(=O)c1cccc(NC(=O)CC2NC(=O)NC2=O)c1. The number of imide groups is 1. The molecule has 8 heteroatoms. The number of methoxy groups -OCH3 is 1. The predicted octanol–water partition coefficient (Wildman–Crippen LogP) is 0.00980. The van der Waals surface area contributed by atoms with Gasteiger partial charge in [-0.3, -0.25) is 14.9 Å². The van der Waals surface area contributed by atoms with Gasteiger partial charge < -0.3 is 15.4 Å². The lowest BCUT2D eigenvalue weighted by Gasteiger charge is -2.09. The quantitative estimate of drug-likeness (QED) is 0.534. The number of urea groups is 1. The van der Waals surface area contributed by atoms with Gasteiger partial charge >= 0.3 is 12.0 Å². The van der Waals surface area contributed by atoms with Crippen molar-refractivity contribution in [1.82, 2.24) is 10.6 Å². The number of carbonyl (C=O) groups is 4. The number of benzene rings is 1. The van der Waals surface area contributed by atoms with E-state index in [1.165, 1.54) is 13.2 Å². The number of anilines is 1. The number of amides is 4. The Hall–Kier alpha value is -2.90. The summed E-state index contributed by atoms with van der Waals surface area (Å²) in [6, 6.07) is 4.68. The zero-order chi connectivity index (χ0) is 15.4. The van der Waals surface area contributed by atoms with E-state index in [0.717, 1.165) is 0 Å². The molecule has 0 radical (unpaired) electrons. The number of hydrogen-bond acceptors (Lipinski definition) is 5. The van der Waals surface area contributed by atoms with Crippen molar-refractivity contribution in [2.45, 2.75) is 12.5 Å². The molecule has 1 heterocycles. The molecule has 1 saturated heterocycles. The van der Waals surface area contributed by atoms with Crippen LogP contribution in [0, 0.1) is 0 Å². The van der Waals surface area contributed by atoms with Crippen LogP contribution in [0.25, 0.3) is 0 Å². The minimum Gasteiger partial charge on any atom is -0.465 e. The number of carbonyl (C=O) groups excluding carboxylic acids is 4. The van der Waals surface area contributed by atoms with E-state index in [4.69, 9.17) is 0 Å². The van der Waals surface area contributed by atoms with Crippen LogP contribution >= 0.6 is 0 Å². The van der Waals surface area contributed by atoms with Crippen LogP contribution in [0.2, 0.25) is 0 Å². The van der Waals surface area contributed by atoms with Crippen molar-refractivity contribution >= 4 is 29.5 Å². The summed E-state index contributed by atoms with van der Waals surface area (Å²) in [5.41, 5.74) is 0.690. The third kappa shape index (κ3) is 3.56. The molecule has 4 amide bonds. The normalized spacial score (nSPS) is 16.9. The Labute approximate surface area is 119 Å². The van der Waals surface area contributed by atoms with Gasteiger partial charge in [0, 0.05) is 5.69 Å². The van der Waals surface area contributed by atoms with Gasteiger partial charge in [0.1, 0.15) is 6.04 Å². The highest BCUT2D eigenvalue weighted by molar-refractivity contribution is 6.07. The van der Waals surface area contributed by atoms with E-state index in [2.05, 4.69) is 15.4 Å². The van der Waals surface area contributed by atoms with Crippen LogP contribution < -0.4 is 16.0 Å². The molecule has 8 nitrogen and oxygen atoms in total. The first-order valence-corrected chi connectivity index (χ1v) is 6.09. The Kier molecular flexibility index (Phi) is 4.17. The zero-order valence-electron chi connectivity index (χ0n) is 11.1. The van der Waals surface area contributed by atoms with Gasteiger partial charge in [-0.1, -0.05) is 6.07 Å². The minimum absolute atomic E-state index is 0.194. The summed E-state index contributed by atoms with van der Waals surface area (Å²) in [6.45, 7) is 0. The number of nitrogens with one attached hydrogen (secondary N) is 3. The van der Waals surface area contributed by atoms with E-state index in [0.29, 0.717) is 11.3 Å². The third-order valence-electron chi connectivity index (χ3n) is 2.82. The van der Waals surface area contributed by atoms with Crippen molar-refractivity contribution in [2.24, 2.45) is 0 Å². The summed E-state index contributed by atoms with van der Waals surface area (Å²) < 4.78 is 4.58. The lowest BCUT2D eigenvalue weighted by Crippen LogP contribution is -2.33. The van der Waals surface area contributed by atoms with Crippen LogP contribution in [0.4, 0.5) is 10.5 Å². The van der Waals surface area contributed by atoms with Crippen LogP contribution in [0.15, 0.2) is 24.3 Å². The molecule has 1 aliphatic rings. The number of esters is 1. The standard InChI is InChI=1S/C13H13N3O5/c1-21-12(19)7-3-2-4-8(5-7)14-10(17)6-9-11(18)16-13(20)15-9/h2-5,9H,6H2,1H3,(H,14,17)(H2,15,16,18,20). The highest BCUT2D eigenvalue weighted by Gasteiger charge is 2.31. The molecule has 1 atom stereocenters. The van der Waals surface area contributed by atoms with E-state index in [-0.39, 0.29) is 6.42 Å². The topological polar surface area (TPSA) is 114 Å². The first-order valence-electron chi connectivity index (χ1n) is 6.09. The molecule has 0 bridgehead atoms. The average molecular weight is 291 g/mol. The van der Waals surface area contributed by atoms with Gasteiger partial charge in [-0.05, 0) is 18.2 Å². The van der Waals surface area contributed by atoms with Gasteiger partial charge in [-0.25, -0.2) is 9.59 Å². The smallest absolute Gasteiger partial charge is 0.337 e. The lowest BCUT2D eigenvalue weighted by molar-refractivity contribution is -0.124.